The molecule has 0 bridgehead atoms. The molecule has 0 N–H and O–H groups in total. The van der Waals surface area contributed by atoms with Crippen LogP contribution >= 0.6 is 0 Å². The van der Waals surface area contributed by atoms with E-state index in [4.69, 9.17) is 0 Å². The van der Waals surface area contributed by atoms with E-state index < -0.39 is 0 Å². The van der Waals surface area contributed by atoms with Gasteiger partial charge in [-0.3, -0.25) is 4.79 Å². The highest BCUT2D eigenvalue weighted by atomic mass is 19.1. The summed E-state index contributed by atoms with van der Waals surface area (Å²) in [5, 5.41) is 0. The van der Waals surface area contributed by atoms with Crippen LogP contribution in [0.1, 0.15) is 25.8 Å². The Kier molecular flexibility index (Phi) is 5.13. The highest BCUT2D eigenvalue weighted by Crippen LogP contribution is 2.18. The maximum atomic E-state index is 13.1. The van der Waals surface area contributed by atoms with Crippen LogP contribution in [0.25, 0.3) is 0 Å². The van der Waals surface area contributed by atoms with Crippen molar-refractivity contribution < 1.29 is 9.18 Å². The first-order valence-electron chi connectivity index (χ1n) is 8.39. The molecule has 0 radical (unpaired) electrons. The van der Waals surface area contributed by atoms with Gasteiger partial charge in [0.2, 0.25) is 5.91 Å². The Morgan fingerprint density at radius 2 is 2.00 bits per heavy atom. The van der Waals surface area contributed by atoms with Crippen LogP contribution in [0.5, 0.6) is 0 Å². The van der Waals surface area contributed by atoms with E-state index in [0.717, 1.165) is 31.7 Å². The highest BCUT2D eigenvalue weighted by Gasteiger charge is 2.21. The number of benzene rings is 1. The second-order valence-corrected chi connectivity index (χ2v) is 6.26. The molecule has 1 atom stereocenters. The first-order chi connectivity index (χ1) is 11.6. The lowest BCUT2D eigenvalue weighted by Crippen LogP contribution is -2.36. The third-order valence-corrected chi connectivity index (χ3v) is 4.54. The molecule has 128 valence electrons. The zero-order chi connectivity index (χ0) is 16.9. The molecule has 1 aliphatic heterocycles. The molecule has 0 spiro atoms. The van der Waals surface area contributed by atoms with E-state index in [1.54, 1.807) is 24.7 Å². The summed E-state index contributed by atoms with van der Waals surface area (Å²) in [7, 11) is 0. The van der Waals surface area contributed by atoms with Crippen molar-refractivity contribution in [3.63, 3.8) is 0 Å². The van der Waals surface area contributed by atoms with Gasteiger partial charge in [-0.25, -0.2) is 9.37 Å². The molecule has 0 unspecified atom stereocenters. The number of halogens is 1. The average molecular weight is 330 g/mol. The predicted octanol–water partition coefficient (Wildman–Crippen LogP) is 2.71. The first kappa shape index (κ1) is 16.5. The van der Waals surface area contributed by atoms with E-state index in [9.17, 15) is 9.18 Å². The van der Waals surface area contributed by atoms with E-state index in [1.807, 2.05) is 22.6 Å². The smallest absolute Gasteiger partial charge is 0.224 e. The Morgan fingerprint density at radius 3 is 2.71 bits per heavy atom. The van der Waals surface area contributed by atoms with E-state index >= 15 is 0 Å². The SMILES string of the molecule is C[C@H](CC(=O)N1CCCN(c2ccc(F)cc2)CC1)n1ccnc1. The van der Waals surface area contributed by atoms with E-state index in [1.165, 1.54) is 12.1 Å². The molecule has 1 fully saturated rings. The monoisotopic (exact) mass is 330 g/mol. The molecule has 0 saturated carbocycles. The molecule has 3 rings (SSSR count). The highest BCUT2D eigenvalue weighted by molar-refractivity contribution is 5.76. The average Bonchev–Trinajstić information content (AvgIpc) is 3.00. The molecule has 0 aliphatic carbocycles. The van der Waals surface area contributed by atoms with Gasteiger partial charge in [-0.2, -0.15) is 0 Å². The van der Waals surface area contributed by atoms with Gasteiger partial charge in [-0.15, -0.1) is 0 Å². The van der Waals surface area contributed by atoms with Gasteiger partial charge < -0.3 is 14.4 Å². The number of carbonyl (C=O) groups is 1. The fourth-order valence-electron chi connectivity index (χ4n) is 3.09. The maximum Gasteiger partial charge on any atom is 0.224 e. The molecule has 1 aromatic heterocycles. The predicted molar refractivity (Wildman–Crippen MR) is 91.4 cm³/mol. The fourth-order valence-corrected chi connectivity index (χ4v) is 3.09. The topological polar surface area (TPSA) is 41.4 Å². The van der Waals surface area contributed by atoms with Gasteiger partial charge in [0.1, 0.15) is 5.82 Å². The summed E-state index contributed by atoms with van der Waals surface area (Å²) in [6, 6.07) is 6.67. The summed E-state index contributed by atoms with van der Waals surface area (Å²) in [6.45, 7) is 5.16. The quantitative estimate of drug-likeness (QED) is 0.865. The normalized spacial score (nSPS) is 16.8. The van der Waals surface area contributed by atoms with Crippen molar-refractivity contribution in [3.8, 4) is 0 Å². The molecule has 5 nitrogen and oxygen atoms in total. The fraction of sp³-hybridized carbons (Fsp3) is 0.444. The van der Waals surface area contributed by atoms with Gasteiger partial charge >= 0.3 is 0 Å². The minimum atomic E-state index is -0.223. The Hall–Kier alpha value is -2.37. The molecule has 24 heavy (non-hydrogen) atoms. The van der Waals surface area contributed by atoms with Crippen LogP contribution in [0.15, 0.2) is 43.0 Å². The summed E-state index contributed by atoms with van der Waals surface area (Å²) in [5.41, 5.74) is 1.01. The Balaban J connectivity index is 1.56. The molecule has 1 aromatic carbocycles. The Bertz CT molecular complexity index is 656. The third-order valence-electron chi connectivity index (χ3n) is 4.54. The zero-order valence-corrected chi connectivity index (χ0v) is 13.9. The Labute approximate surface area is 141 Å². The second kappa shape index (κ2) is 7.47. The number of carbonyl (C=O) groups excluding carboxylic acids is 1. The van der Waals surface area contributed by atoms with E-state index in [2.05, 4.69) is 9.88 Å². The maximum absolute atomic E-state index is 13.1. The van der Waals surface area contributed by atoms with Gasteiger partial charge in [0.15, 0.2) is 0 Å². The van der Waals surface area contributed by atoms with Crippen LogP contribution in [0.2, 0.25) is 0 Å². The van der Waals surface area contributed by atoms with Crippen molar-refractivity contribution in [3.05, 3.63) is 48.8 Å². The molecule has 1 saturated heterocycles. The van der Waals surface area contributed by atoms with Gasteiger partial charge in [0.05, 0.1) is 6.33 Å². The summed E-state index contributed by atoms with van der Waals surface area (Å²) in [4.78, 5) is 20.8. The standard InChI is InChI=1S/C18H23FN4O/c1-15(23-10-7-20-14-23)13-18(24)22-9-2-8-21(11-12-22)17-5-3-16(19)4-6-17/h3-7,10,14-15H,2,8-9,11-13H2,1H3/t15-/m1/s1. The molecule has 2 heterocycles. The molecule has 6 heteroatoms. The second-order valence-electron chi connectivity index (χ2n) is 6.26. The van der Waals surface area contributed by atoms with Gasteiger partial charge in [0.25, 0.3) is 0 Å². The summed E-state index contributed by atoms with van der Waals surface area (Å²) >= 11 is 0. The summed E-state index contributed by atoms with van der Waals surface area (Å²) in [5.74, 6) is -0.0454. The van der Waals surface area contributed by atoms with Crippen molar-refractivity contribution in [2.75, 3.05) is 31.1 Å². The first-order valence-corrected chi connectivity index (χ1v) is 8.39. The molecular weight excluding hydrogens is 307 g/mol. The van der Waals surface area contributed by atoms with Crippen molar-refractivity contribution in [1.29, 1.82) is 0 Å². The van der Waals surface area contributed by atoms with Crippen molar-refractivity contribution in [1.82, 2.24) is 14.5 Å². The largest absolute Gasteiger partial charge is 0.370 e. The lowest BCUT2D eigenvalue weighted by molar-refractivity contribution is -0.131. The van der Waals surface area contributed by atoms with Crippen LogP contribution in [-0.4, -0.2) is 46.5 Å². The summed E-state index contributed by atoms with van der Waals surface area (Å²) < 4.78 is 15.0. The van der Waals surface area contributed by atoms with Crippen molar-refractivity contribution in [2.24, 2.45) is 0 Å². The molecule has 1 aliphatic rings. The number of hydrogen-bond acceptors (Lipinski definition) is 3. The number of imidazole rings is 1. The summed E-state index contributed by atoms with van der Waals surface area (Å²) in [6.07, 6.45) is 6.76. The minimum Gasteiger partial charge on any atom is -0.370 e. The van der Waals surface area contributed by atoms with Crippen LogP contribution in [0, 0.1) is 5.82 Å². The van der Waals surface area contributed by atoms with Gasteiger partial charge in [-0.05, 0) is 37.6 Å². The molecular formula is C18H23FN4O. The zero-order valence-electron chi connectivity index (χ0n) is 13.9. The number of anilines is 1. The van der Waals surface area contributed by atoms with E-state index in [0.29, 0.717) is 13.0 Å². The van der Waals surface area contributed by atoms with Crippen LogP contribution in [0.3, 0.4) is 0 Å². The van der Waals surface area contributed by atoms with Crippen LogP contribution in [0.4, 0.5) is 10.1 Å². The van der Waals surface area contributed by atoms with Crippen LogP contribution < -0.4 is 4.90 Å². The lowest BCUT2D eigenvalue weighted by Gasteiger charge is -2.24. The lowest BCUT2D eigenvalue weighted by atomic mass is 10.2. The minimum absolute atomic E-state index is 0.108. The number of aromatic nitrogens is 2. The number of hydrogen-bond donors (Lipinski definition) is 0. The molecule has 1 amide bonds. The molecule has 2 aromatic rings. The van der Waals surface area contributed by atoms with E-state index in [-0.39, 0.29) is 17.8 Å². The Morgan fingerprint density at radius 1 is 1.21 bits per heavy atom. The number of nitrogens with zero attached hydrogens (tertiary/aromatic N) is 4. The van der Waals surface area contributed by atoms with Gasteiger partial charge in [-0.1, -0.05) is 0 Å². The van der Waals surface area contributed by atoms with Crippen molar-refractivity contribution >= 4 is 11.6 Å². The van der Waals surface area contributed by atoms with Crippen LogP contribution in [-0.2, 0) is 4.79 Å². The third kappa shape index (κ3) is 3.93. The number of rotatable bonds is 4. The van der Waals surface area contributed by atoms with Gasteiger partial charge in [0, 0.05) is 56.7 Å². The van der Waals surface area contributed by atoms with Crippen molar-refractivity contribution in [2.45, 2.75) is 25.8 Å². The number of amides is 1.